The standard InChI is InChI=1S/C14H20N2O3S.ClH/c1-10-5-6-11(8-13(10)20(2,18)19)14(17)16-7-3-4-12(16)9-15;/h5-6,8,12H,3-4,7,9,15H2,1-2H3;1H. The quantitative estimate of drug-likeness (QED) is 0.906. The van der Waals surface area contributed by atoms with E-state index in [0.717, 1.165) is 19.1 Å². The second kappa shape index (κ2) is 6.77. The molecule has 1 aromatic rings. The number of carbonyl (C=O) groups excluding carboxylic acids is 1. The third-order valence-corrected chi connectivity index (χ3v) is 4.98. The molecule has 0 aliphatic carbocycles. The van der Waals surface area contributed by atoms with Crippen molar-refractivity contribution in [2.75, 3.05) is 19.3 Å². The van der Waals surface area contributed by atoms with Crippen molar-refractivity contribution in [1.29, 1.82) is 0 Å². The predicted molar refractivity (Wildman–Crippen MR) is 84.6 cm³/mol. The Bertz CT molecular complexity index is 631. The maximum atomic E-state index is 12.5. The van der Waals surface area contributed by atoms with Crippen LogP contribution in [-0.4, -0.2) is 44.6 Å². The average Bonchev–Trinajstić information content (AvgIpc) is 2.85. The lowest BCUT2D eigenvalue weighted by Crippen LogP contribution is -2.39. The normalized spacial score (nSPS) is 18.4. The maximum absolute atomic E-state index is 12.5. The van der Waals surface area contributed by atoms with E-state index >= 15 is 0 Å². The van der Waals surface area contributed by atoms with Gasteiger partial charge in [-0.2, -0.15) is 0 Å². The van der Waals surface area contributed by atoms with Gasteiger partial charge < -0.3 is 10.6 Å². The Hall–Kier alpha value is -1.11. The summed E-state index contributed by atoms with van der Waals surface area (Å²) in [4.78, 5) is 14.4. The summed E-state index contributed by atoms with van der Waals surface area (Å²) < 4.78 is 23.5. The van der Waals surface area contributed by atoms with Crippen molar-refractivity contribution in [1.82, 2.24) is 4.90 Å². The number of hydrogen-bond acceptors (Lipinski definition) is 4. The molecule has 7 heteroatoms. The predicted octanol–water partition coefficient (Wildman–Crippen LogP) is 1.38. The maximum Gasteiger partial charge on any atom is 0.254 e. The van der Waals surface area contributed by atoms with Crippen LogP contribution in [0.25, 0.3) is 0 Å². The fraction of sp³-hybridized carbons (Fsp3) is 0.500. The van der Waals surface area contributed by atoms with Gasteiger partial charge >= 0.3 is 0 Å². The highest BCUT2D eigenvalue weighted by Crippen LogP contribution is 2.22. The molecule has 1 amide bonds. The molecule has 1 aliphatic rings. The van der Waals surface area contributed by atoms with E-state index in [9.17, 15) is 13.2 Å². The summed E-state index contributed by atoms with van der Waals surface area (Å²) in [5.74, 6) is -0.136. The van der Waals surface area contributed by atoms with Gasteiger partial charge in [0.05, 0.1) is 4.90 Å². The second-order valence-corrected chi connectivity index (χ2v) is 7.27. The molecule has 21 heavy (non-hydrogen) atoms. The Morgan fingerprint density at radius 1 is 1.43 bits per heavy atom. The van der Waals surface area contributed by atoms with Crippen LogP contribution in [0, 0.1) is 6.92 Å². The van der Waals surface area contributed by atoms with Gasteiger partial charge in [0.2, 0.25) is 0 Å². The summed E-state index contributed by atoms with van der Waals surface area (Å²) in [5.41, 5.74) is 6.74. The van der Waals surface area contributed by atoms with Crippen LogP contribution in [-0.2, 0) is 9.84 Å². The van der Waals surface area contributed by atoms with Crippen molar-refractivity contribution in [3.05, 3.63) is 29.3 Å². The average molecular weight is 333 g/mol. The van der Waals surface area contributed by atoms with Gasteiger partial charge in [-0.25, -0.2) is 8.42 Å². The number of hydrogen-bond donors (Lipinski definition) is 1. The van der Waals surface area contributed by atoms with E-state index in [1.807, 2.05) is 0 Å². The van der Waals surface area contributed by atoms with Crippen LogP contribution in [0.4, 0.5) is 0 Å². The Kier molecular flexibility index (Phi) is 5.78. The van der Waals surface area contributed by atoms with E-state index in [4.69, 9.17) is 5.73 Å². The molecule has 2 N–H and O–H groups in total. The Morgan fingerprint density at radius 2 is 2.10 bits per heavy atom. The van der Waals surface area contributed by atoms with Crippen LogP contribution >= 0.6 is 12.4 Å². The molecule has 1 heterocycles. The van der Waals surface area contributed by atoms with E-state index in [-0.39, 0.29) is 29.3 Å². The lowest BCUT2D eigenvalue weighted by atomic mass is 10.1. The first-order valence-electron chi connectivity index (χ1n) is 6.66. The minimum absolute atomic E-state index is 0. The number of carbonyl (C=O) groups is 1. The Labute approximate surface area is 131 Å². The molecule has 1 unspecified atom stereocenters. The number of benzene rings is 1. The van der Waals surface area contributed by atoms with Crippen molar-refractivity contribution in [2.45, 2.75) is 30.7 Å². The third-order valence-electron chi connectivity index (χ3n) is 3.74. The SMILES string of the molecule is Cc1ccc(C(=O)N2CCCC2CN)cc1S(C)(=O)=O.Cl. The van der Waals surface area contributed by atoms with Crippen molar-refractivity contribution in [2.24, 2.45) is 5.73 Å². The smallest absolute Gasteiger partial charge is 0.254 e. The molecule has 1 atom stereocenters. The van der Waals surface area contributed by atoms with Gasteiger partial charge in [0.25, 0.3) is 5.91 Å². The molecule has 1 aliphatic heterocycles. The number of likely N-dealkylation sites (tertiary alicyclic amines) is 1. The van der Waals surface area contributed by atoms with Crippen LogP contribution in [0.5, 0.6) is 0 Å². The zero-order valence-corrected chi connectivity index (χ0v) is 13.8. The Morgan fingerprint density at radius 3 is 2.67 bits per heavy atom. The first kappa shape index (κ1) is 17.9. The van der Waals surface area contributed by atoms with Crippen molar-refractivity contribution in [3.8, 4) is 0 Å². The van der Waals surface area contributed by atoms with Gasteiger partial charge in [-0.15, -0.1) is 12.4 Å². The lowest BCUT2D eigenvalue weighted by Gasteiger charge is -2.23. The number of rotatable bonds is 3. The van der Waals surface area contributed by atoms with Crippen molar-refractivity contribution < 1.29 is 13.2 Å². The molecule has 118 valence electrons. The zero-order chi connectivity index (χ0) is 14.9. The van der Waals surface area contributed by atoms with Gasteiger partial charge in [0.1, 0.15) is 0 Å². The van der Waals surface area contributed by atoms with E-state index in [2.05, 4.69) is 0 Å². The molecular formula is C14H21ClN2O3S. The number of halogens is 1. The first-order valence-corrected chi connectivity index (χ1v) is 8.55. The van der Waals surface area contributed by atoms with Crippen molar-refractivity contribution >= 4 is 28.2 Å². The van der Waals surface area contributed by atoms with E-state index in [1.54, 1.807) is 24.0 Å². The molecule has 1 aromatic carbocycles. The molecular weight excluding hydrogens is 312 g/mol. The molecule has 5 nitrogen and oxygen atoms in total. The van der Waals surface area contributed by atoms with E-state index < -0.39 is 9.84 Å². The fourth-order valence-corrected chi connectivity index (χ4v) is 3.64. The number of nitrogens with zero attached hydrogens (tertiary/aromatic N) is 1. The molecule has 2 rings (SSSR count). The van der Waals surface area contributed by atoms with Crippen LogP contribution in [0.1, 0.15) is 28.8 Å². The van der Waals surface area contributed by atoms with E-state index in [1.165, 1.54) is 6.07 Å². The third kappa shape index (κ3) is 3.75. The van der Waals surface area contributed by atoms with Gasteiger partial charge in [0, 0.05) is 31.0 Å². The monoisotopic (exact) mass is 332 g/mol. The van der Waals surface area contributed by atoms with Crippen LogP contribution in [0.2, 0.25) is 0 Å². The van der Waals surface area contributed by atoms with Gasteiger partial charge in [-0.3, -0.25) is 4.79 Å². The highest BCUT2D eigenvalue weighted by Gasteiger charge is 2.28. The summed E-state index contributed by atoms with van der Waals surface area (Å²) in [5, 5.41) is 0. The summed E-state index contributed by atoms with van der Waals surface area (Å²) in [7, 11) is -3.33. The molecule has 0 aromatic heterocycles. The molecule has 0 spiro atoms. The highest BCUT2D eigenvalue weighted by atomic mass is 35.5. The summed E-state index contributed by atoms with van der Waals surface area (Å²) in [6, 6.07) is 4.89. The number of aryl methyl sites for hydroxylation is 1. The van der Waals surface area contributed by atoms with E-state index in [0.29, 0.717) is 24.2 Å². The van der Waals surface area contributed by atoms with Gasteiger partial charge in [0.15, 0.2) is 9.84 Å². The zero-order valence-electron chi connectivity index (χ0n) is 12.2. The highest BCUT2D eigenvalue weighted by molar-refractivity contribution is 7.90. The molecule has 0 bridgehead atoms. The topological polar surface area (TPSA) is 80.5 Å². The van der Waals surface area contributed by atoms with Gasteiger partial charge in [-0.1, -0.05) is 6.07 Å². The number of sulfone groups is 1. The first-order chi connectivity index (χ1) is 9.34. The fourth-order valence-electron chi connectivity index (χ4n) is 2.65. The summed E-state index contributed by atoms with van der Waals surface area (Å²) in [6.07, 6.45) is 3.01. The summed E-state index contributed by atoms with van der Waals surface area (Å²) in [6.45, 7) is 2.85. The molecule has 0 radical (unpaired) electrons. The largest absolute Gasteiger partial charge is 0.334 e. The van der Waals surface area contributed by atoms with Crippen LogP contribution in [0.15, 0.2) is 23.1 Å². The molecule has 1 saturated heterocycles. The number of nitrogens with two attached hydrogens (primary N) is 1. The summed E-state index contributed by atoms with van der Waals surface area (Å²) >= 11 is 0. The lowest BCUT2D eigenvalue weighted by molar-refractivity contribution is 0.0741. The second-order valence-electron chi connectivity index (χ2n) is 5.28. The van der Waals surface area contributed by atoms with Crippen molar-refractivity contribution in [3.63, 3.8) is 0 Å². The minimum atomic E-state index is -3.33. The van der Waals surface area contributed by atoms with Gasteiger partial charge in [-0.05, 0) is 37.5 Å². The van der Waals surface area contributed by atoms with Crippen LogP contribution < -0.4 is 5.73 Å². The van der Waals surface area contributed by atoms with Crippen LogP contribution in [0.3, 0.4) is 0 Å². The number of amides is 1. The minimum Gasteiger partial charge on any atom is -0.334 e. The Balaban J connectivity index is 0.00000220. The molecule has 0 saturated carbocycles. The molecule has 1 fully saturated rings.